The molecule has 29 heavy (non-hydrogen) atoms. The summed E-state index contributed by atoms with van der Waals surface area (Å²) in [5.74, 6) is -0.438. The summed E-state index contributed by atoms with van der Waals surface area (Å²) in [4.78, 5) is 33.5. The zero-order valence-electron chi connectivity index (χ0n) is 16.1. The highest BCUT2D eigenvalue weighted by Crippen LogP contribution is 2.25. The van der Waals surface area contributed by atoms with Gasteiger partial charge in [-0.15, -0.1) is 0 Å². The number of anilines is 1. The first-order chi connectivity index (χ1) is 14.0. The Kier molecular flexibility index (Phi) is 5.03. The summed E-state index contributed by atoms with van der Waals surface area (Å²) < 4.78 is 1.08. The number of hydrogen-bond donors (Lipinski definition) is 2. The van der Waals surface area contributed by atoms with Crippen LogP contribution < -0.4 is 16.1 Å². The molecule has 0 atom stereocenters. The quantitative estimate of drug-likeness (QED) is 0.670. The van der Waals surface area contributed by atoms with E-state index in [-0.39, 0.29) is 5.56 Å². The third-order valence-electron chi connectivity index (χ3n) is 5.12. The van der Waals surface area contributed by atoms with Crippen LogP contribution in [0.3, 0.4) is 0 Å². The second-order valence-corrected chi connectivity index (χ2v) is 7.09. The number of nitrogens with one attached hydrogen (secondary N) is 1. The van der Waals surface area contributed by atoms with Crippen LogP contribution in [0.15, 0.2) is 63.1 Å². The number of rotatable bonds is 4. The molecule has 0 bridgehead atoms. The third-order valence-corrected chi connectivity index (χ3v) is 5.12. The molecule has 0 amide bonds. The second-order valence-electron chi connectivity index (χ2n) is 7.09. The van der Waals surface area contributed by atoms with Crippen LogP contribution in [0.25, 0.3) is 5.69 Å². The van der Waals surface area contributed by atoms with E-state index in [1.165, 1.54) is 19.1 Å². The number of nitrogens with zero attached hydrogens (tertiary/aromatic N) is 3. The molecule has 3 aromatic rings. The summed E-state index contributed by atoms with van der Waals surface area (Å²) >= 11 is 0. The van der Waals surface area contributed by atoms with Gasteiger partial charge in [0.1, 0.15) is 5.56 Å². The molecule has 0 radical (unpaired) electrons. The molecule has 2 heterocycles. The molecule has 1 fully saturated rings. The molecule has 0 saturated carbocycles. The van der Waals surface area contributed by atoms with Gasteiger partial charge >= 0.3 is 5.69 Å². The molecular weight excluding hydrogens is 368 g/mol. The zero-order valence-corrected chi connectivity index (χ0v) is 16.1. The molecule has 0 unspecified atom stereocenters. The molecular formula is C22H22N4O3. The van der Waals surface area contributed by atoms with Crippen LogP contribution in [-0.2, 0) is 0 Å². The number of aromatic nitrogens is 2. The number of H-pyrrole nitrogens is 1. The summed E-state index contributed by atoms with van der Waals surface area (Å²) in [7, 11) is 0. The van der Waals surface area contributed by atoms with E-state index >= 15 is 0 Å². The Labute approximate surface area is 167 Å². The number of aromatic hydroxyl groups is 1. The molecule has 0 spiro atoms. The predicted octanol–water partition coefficient (Wildman–Crippen LogP) is 2.89. The Morgan fingerprint density at radius 3 is 2.59 bits per heavy atom. The molecule has 7 nitrogen and oxygen atoms in total. The largest absolute Gasteiger partial charge is 0.493 e. The molecule has 2 aromatic carbocycles. The minimum absolute atomic E-state index is 0.0700. The predicted molar refractivity (Wildman–Crippen MR) is 114 cm³/mol. The van der Waals surface area contributed by atoms with E-state index in [4.69, 9.17) is 0 Å². The number of benzene rings is 2. The molecule has 1 aliphatic rings. The zero-order chi connectivity index (χ0) is 20.4. The fourth-order valence-corrected chi connectivity index (χ4v) is 3.58. The Bertz CT molecular complexity index is 1190. The van der Waals surface area contributed by atoms with Crippen LogP contribution in [0.2, 0.25) is 0 Å². The van der Waals surface area contributed by atoms with E-state index in [9.17, 15) is 14.7 Å². The van der Waals surface area contributed by atoms with Gasteiger partial charge in [-0.2, -0.15) is 0 Å². The smallest absolute Gasteiger partial charge is 0.335 e. The lowest BCUT2D eigenvalue weighted by Crippen LogP contribution is -2.31. The molecule has 0 aliphatic carbocycles. The van der Waals surface area contributed by atoms with Crippen molar-refractivity contribution in [1.82, 2.24) is 9.55 Å². The van der Waals surface area contributed by atoms with Gasteiger partial charge in [0, 0.05) is 25.0 Å². The molecule has 1 aliphatic heterocycles. The lowest BCUT2D eigenvalue weighted by Gasteiger charge is -2.17. The average molecular weight is 390 g/mol. The van der Waals surface area contributed by atoms with Crippen molar-refractivity contribution in [1.29, 1.82) is 0 Å². The van der Waals surface area contributed by atoms with E-state index in [1.54, 1.807) is 12.1 Å². The number of aromatic amines is 1. The molecule has 7 heteroatoms. The van der Waals surface area contributed by atoms with E-state index in [2.05, 4.69) is 14.9 Å². The lowest BCUT2D eigenvalue weighted by molar-refractivity contribution is 0.430. The first kappa shape index (κ1) is 18.7. The number of hydrogen-bond acceptors (Lipinski definition) is 5. The summed E-state index contributed by atoms with van der Waals surface area (Å²) in [5.41, 5.74) is 1.59. The van der Waals surface area contributed by atoms with Crippen molar-refractivity contribution < 1.29 is 5.11 Å². The van der Waals surface area contributed by atoms with Crippen LogP contribution in [0.1, 0.15) is 24.0 Å². The summed E-state index contributed by atoms with van der Waals surface area (Å²) in [6, 6.07) is 14.9. The Morgan fingerprint density at radius 2 is 1.83 bits per heavy atom. The Balaban J connectivity index is 1.74. The fraction of sp³-hybridized carbons (Fsp3) is 0.227. The minimum Gasteiger partial charge on any atom is -0.493 e. The van der Waals surface area contributed by atoms with Gasteiger partial charge in [-0.3, -0.25) is 14.8 Å². The minimum atomic E-state index is -0.699. The van der Waals surface area contributed by atoms with Gasteiger partial charge in [-0.1, -0.05) is 24.3 Å². The summed E-state index contributed by atoms with van der Waals surface area (Å²) in [6.45, 7) is 3.87. The highest BCUT2D eigenvalue weighted by molar-refractivity contribution is 5.84. The van der Waals surface area contributed by atoms with E-state index < -0.39 is 17.1 Å². The highest BCUT2D eigenvalue weighted by atomic mass is 16.3. The van der Waals surface area contributed by atoms with Crippen molar-refractivity contribution in [2.24, 2.45) is 4.99 Å². The maximum Gasteiger partial charge on any atom is 0.335 e. The van der Waals surface area contributed by atoms with Crippen molar-refractivity contribution in [3.8, 4) is 11.6 Å². The first-order valence-electron chi connectivity index (χ1n) is 9.58. The van der Waals surface area contributed by atoms with E-state index in [0.29, 0.717) is 11.4 Å². The summed E-state index contributed by atoms with van der Waals surface area (Å²) in [5, 5.41) is 10.7. The lowest BCUT2D eigenvalue weighted by atomic mass is 10.2. The van der Waals surface area contributed by atoms with Gasteiger partial charge in [0.15, 0.2) is 0 Å². The van der Waals surface area contributed by atoms with Gasteiger partial charge in [0.25, 0.3) is 5.56 Å². The highest BCUT2D eigenvalue weighted by Gasteiger charge is 2.16. The Hall–Kier alpha value is -3.61. The number of aryl methyl sites for hydroxylation is 1. The topological polar surface area (TPSA) is 90.7 Å². The molecule has 2 N–H and O–H groups in total. The normalized spacial score (nSPS) is 14.0. The van der Waals surface area contributed by atoms with Gasteiger partial charge in [-0.25, -0.2) is 9.36 Å². The van der Waals surface area contributed by atoms with Crippen LogP contribution >= 0.6 is 0 Å². The van der Waals surface area contributed by atoms with Crippen molar-refractivity contribution in [3.05, 3.63) is 80.5 Å². The second kappa shape index (κ2) is 7.79. The van der Waals surface area contributed by atoms with Crippen LogP contribution in [-0.4, -0.2) is 34.0 Å². The SMILES string of the molecule is Cc1ccccc1-n1c(O)c(C=Nc2cccc(N3CCCC3)c2)c(=O)[nH]c1=O. The number of para-hydroxylation sites is 1. The molecule has 4 rings (SSSR count). The van der Waals surface area contributed by atoms with Gasteiger partial charge in [0.05, 0.1) is 11.4 Å². The van der Waals surface area contributed by atoms with Crippen LogP contribution in [0.5, 0.6) is 5.88 Å². The van der Waals surface area contributed by atoms with Crippen molar-refractivity contribution in [3.63, 3.8) is 0 Å². The first-order valence-corrected chi connectivity index (χ1v) is 9.58. The number of aliphatic imine (C=N–C) groups is 1. The van der Waals surface area contributed by atoms with Crippen molar-refractivity contribution in [2.75, 3.05) is 18.0 Å². The van der Waals surface area contributed by atoms with Crippen LogP contribution in [0.4, 0.5) is 11.4 Å². The van der Waals surface area contributed by atoms with Crippen molar-refractivity contribution in [2.45, 2.75) is 19.8 Å². The van der Waals surface area contributed by atoms with Gasteiger partial charge < -0.3 is 10.0 Å². The molecule has 1 saturated heterocycles. The third kappa shape index (κ3) is 3.71. The van der Waals surface area contributed by atoms with Crippen LogP contribution in [0, 0.1) is 6.92 Å². The fourth-order valence-electron chi connectivity index (χ4n) is 3.58. The van der Waals surface area contributed by atoms with Crippen molar-refractivity contribution >= 4 is 17.6 Å². The standard InChI is InChI=1S/C22H22N4O3/c1-15-7-2-3-10-19(15)26-21(28)18(20(27)24-22(26)29)14-23-16-8-6-9-17(13-16)25-11-4-5-12-25/h2-3,6-10,13-14,28H,4-5,11-12H2,1H3,(H,24,27,29). The Morgan fingerprint density at radius 1 is 1.07 bits per heavy atom. The maximum absolute atomic E-state index is 12.3. The van der Waals surface area contributed by atoms with Gasteiger partial charge in [-0.05, 0) is 49.6 Å². The van der Waals surface area contributed by atoms with Gasteiger partial charge in [0.2, 0.25) is 5.88 Å². The average Bonchev–Trinajstić information content (AvgIpc) is 3.24. The maximum atomic E-state index is 12.3. The van der Waals surface area contributed by atoms with E-state index in [1.807, 2.05) is 43.3 Å². The summed E-state index contributed by atoms with van der Waals surface area (Å²) in [6.07, 6.45) is 3.65. The molecule has 1 aromatic heterocycles. The molecule has 148 valence electrons. The van der Waals surface area contributed by atoms with E-state index in [0.717, 1.165) is 28.9 Å². The monoisotopic (exact) mass is 390 g/mol.